The number of hydrogen-bond acceptors (Lipinski definition) is 3. The van der Waals surface area contributed by atoms with Crippen molar-refractivity contribution in [3.05, 3.63) is 22.8 Å². The van der Waals surface area contributed by atoms with Gasteiger partial charge in [0.05, 0.1) is 6.34 Å². The Bertz CT molecular complexity index is 155. The molecule has 0 aliphatic rings. The Kier molecular flexibility index (Phi) is 3.86. The third-order valence-corrected chi connectivity index (χ3v) is 0.941. The second-order valence-electron chi connectivity index (χ2n) is 1.60. The van der Waals surface area contributed by atoms with Crippen molar-refractivity contribution >= 4 is 6.34 Å². The van der Waals surface area contributed by atoms with E-state index in [9.17, 15) is 10.1 Å². The average Bonchev–Trinajstić information content (AvgIpc) is 1.89. The molecule has 0 spiro atoms. The summed E-state index contributed by atoms with van der Waals surface area (Å²) in [5, 5.41) is 10.1. The van der Waals surface area contributed by atoms with Gasteiger partial charge in [-0.15, -0.1) is 0 Å². The second kappa shape index (κ2) is 4.49. The van der Waals surface area contributed by atoms with Crippen LogP contribution in [-0.2, 0) is 0 Å². The molecular weight excluding hydrogens is 134 g/mol. The van der Waals surface area contributed by atoms with Gasteiger partial charge in [-0.05, 0) is 6.08 Å². The Labute approximate surface area is 58.4 Å². The van der Waals surface area contributed by atoms with Gasteiger partial charge in [0.25, 0.3) is 0 Å². The van der Waals surface area contributed by atoms with Gasteiger partial charge in [-0.1, -0.05) is 6.58 Å². The summed E-state index contributed by atoms with van der Waals surface area (Å²) in [6.07, 6.45) is 2.27. The van der Waals surface area contributed by atoms with E-state index in [2.05, 4.69) is 11.6 Å². The van der Waals surface area contributed by atoms with Crippen LogP contribution in [0.2, 0.25) is 0 Å². The zero-order valence-corrected chi connectivity index (χ0v) is 5.43. The van der Waals surface area contributed by atoms with Gasteiger partial charge < -0.3 is 5.73 Å². The van der Waals surface area contributed by atoms with E-state index in [-0.39, 0.29) is 6.54 Å². The maximum absolute atomic E-state index is 10.1. The minimum absolute atomic E-state index is 0.0625. The molecular formula is C5H9N3O2. The number of rotatable bonds is 4. The molecule has 0 saturated carbocycles. The molecule has 5 nitrogen and oxygen atoms in total. The molecule has 5 heteroatoms. The van der Waals surface area contributed by atoms with Crippen LogP contribution in [0.5, 0.6) is 0 Å². The van der Waals surface area contributed by atoms with Crippen LogP contribution in [0, 0.1) is 10.1 Å². The number of nitro groups is 1. The molecule has 0 aromatic heterocycles. The van der Waals surface area contributed by atoms with Gasteiger partial charge in [0, 0.05) is 4.92 Å². The van der Waals surface area contributed by atoms with Crippen molar-refractivity contribution in [3.8, 4) is 0 Å². The molecule has 0 aromatic carbocycles. The molecule has 0 bridgehead atoms. The summed E-state index contributed by atoms with van der Waals surface area (Å²) in [5.74, 6) is 0. The quantitative estimate of drug-likeness (QED) is 0.194. The standard InChI is InChI=1S/C5H9N3O2/c1-2-5(8(9)10)3-7-4-6/h2,4-5H,1,3H2,(H2,6,7). The predicted molar refractivity (Wildman–Crippen MR) is 38.5 cm³/mol. The lowest BCUT2D eigenvalue weighted by Gasteiger charge is -1.97. The molecule has 0 aromatic rings. The smallest absolute Gasteiger partial charge is 0.250 e. The maximum Gasteiger partial charge on any atom is 0.250 e. The fourth-order valence-electron chi connectivity index (χ4n) is 0.396. The molecule has 0 rings (SSSR count). The van der Waals surface area contributed by atoms with Crippen LogP contribution >= 0.6 is 0 Å². The van der Waals surface area contributed by atoms with Crippen LogP contribution in [0.15, 0.2) is 17.6 Å². The summed E-state index contributed by atoms with van der Waals surface area (Å²) >= 11 is 0. The zero-order valence-electron chi connectivity index (χ0n) is 5.43. The van der Waals surface area contributed by atoms with E-state index in [1.807, 2.05) is 0 Å². The lowest BCUT2D eigenvalue weighted by Crippen LogP contribution is -2.20. The monoisotopic (exact) mass is 143 g/mol. The third-order valence-electron chi connectivity index (χ3n) is 0.941. The summed E-state index contributed by atoms with van der Waals surface area (Å²) < 4.78 is 0. The van der Waals surface area contributed by atoms with E-state index in [4.69, 9.17) is 5.73 Å². The lowest BCUT2D eigenvalue weighted by atomic mass is 10.3. The van der Waals surface area contributed by atoms with Crippen LogP contribution in [-0.4, -0.2) is 23.8 Å². The van der Waals surface area contributed by atoms with Crippen LogP contribution in [0.1, 0.15) is 0 Å². The fourth-order valence-corrected chi connectivity index (χ4v) is 0.396. The van der Waals surface area contributed by atoms with Gasteiger partial charge in [0.1, 0.15) is 6.54 Å². The van der Waals surface area contributed by atoms with Gasteiger partial charge >= 0.3 is 0 Å². The minimum Gasteiger partial charge on any atom is -0.390 e. The summed E-state index contributed by atoms with van der Waals surface area (Å²) in [6, 6.07) is -0.820. The minimum atomic E-state index is -0.820. The van der Waals surface area contributed by atoms with E-state index in [0.29, 0.717) is 0 Å². The molecule has 56 valence electrons. The van der Waals surface area contributed by atoms with E-state index in [1.54, 1.807) is 0 Å². The Morgan fingerprint density at radius 3 is 2.80 bits per heavy atom. The first kappa shape index (κ1) is 8.61. The molecule has 0 fully saturated rings. The highest BCUT2D eigenvalue weighted by molar-refractivity contribution is 5.51. The predicted octanol–water partition coefficient (Wildman–Crippen LogP) is -0.195. The molecule has 0 aliphatic carbocycles. The van der Waals surface area contributed by atoms with E-state index < -0.39 is 11.0 Å². The van der Waals surface area contributed by atoms with Gasteiger partial charge in [0.15, 0.2) is 0 Å². The number of hydrogen-bond donors (Lipinski definition) is 1. The first-order valence-corrected chi connectivity index (χ1v) is 2.68. The highest BCUT2D eigenvalue weighted by Gasteiger charge is 2.12. The first-order chi connectivity index (χ1) is 4.72. The van der Waals surface area contributed by atoms with Crippen LogP contribution in [0.25, 0.3) is 0 Å². The summed E-state index contributed by atoms with van der Waals surface area (Å²) in [5.41, 5.74) is 4.88. The lowest BCUT2D eigenvalue weighted by molar-refractivity contribution is -0.506. The van der Waals surface area contributed by atoms with Crippen molar-refractivity contribution in [1.29, 1.82) is 0 Å². The van der Waals surface area contributed by atoms with Gasteiger partial charge in [-0.25, -0.2) is 0 Å². The molecule has 0 heterocycles. The average molecular weight is 143 g/mol. The SMILES string of the molecule is C=CC(CN=CN)[N+](=O)[O-]. The van der Waals surface area contributed by atoms with Gasteiger partial charge in [-0.3, -0.25) is 15.1 Å². The van der Waals surface area contributed by atoms with Crippen LogP contribution in [0.4, 0.5) is 0 Å². The Morgan fingerprint density at radius 1 is 1.90 bits per heavy atom. The number of nitrogens with zero attached hydrogens (tertiary/aromatic N) is 2. The topological polar surface area (TPSA) is 81.5 Å². The van der Waals surface area contributed by atoms with Crippen molar-refractivity contribution in [2.45, 2.75) is 6.04 Å². The highest BCUT2D eigenvalue weighted by Crippen LogP contribution is 1.90. The normalized spacial score (nSPS) is 13.2. The number of aliphatic imine (C=N–C) groups is 1. The Hall–Kier alpha value is -1.39. The number of nitrogens with two attached hydrogens (primary N) is 1. The van der Waals surface area contributed by atoms with Crippen LogP contribution in [0.3, 0.4) is 0 Å². The molecule has 0 radical (unpaired) electrons. The van der Waals surface area contributed by atoms with Crippen LogP contribution < -0.4 is 5.73 Å². The van der Waals surface area contributed by atoms with Crippen molar-refractivity contribution in [1.82, 2.24) is 0 Å². The van der Waals surface area contributed by atoms with Gasteiger partial charge in [-0.2, -0.15) is 0 Å². The molecule has 0 amide bonds. The van der Waals surface area contributed by atoms with E-state index in [1.165, 1.54) is 6.08 Å². The Morgan fingerprint density at radius 2 is 2.50 bits per heavy atom. The molecule has 1 atom stereocenters. The molecule has 10 heavy (non-hydrogen) atoms. The maximum atomic E-state index is 10.1. The summed E-state index contributed by atoms with van der Waals surface area (Å²) in [7, 11) is 0. The third kappa shape index (κ3) is 2.81. The van der Waals surface area contributed by atoms with Crippen molar-refractivity contribution in [2.24, 2.45) is 10.7 Å². The second-order valence-corrected chi connectivity index (χ2v) is 1.60. The molecule has 0 saturated heterocycles. The Balaban J connectivity index is 3.83. The van der Waals surface area contributed by atoms with Gasteiger partial charge in [0.2, 0.25) is 6.04 Å². The molecule has 1 unspecified atom stereocenters. The molecule has 2 N–H and O–H groups in total. The van der Waals surface area contributed by atoms with Crippen molar-refractivity contribution in [3.63, 3.8) is 0 Å². The first-order valence-electron chi connectivity index (χ1n) is 2.68. The largest absolute Gasteiger partial charge is 0.390 e. The van der Waals surface area contributed by atoms with Crippen molar-refractivity contribution < 1.29 is 4.92 Å². The van der Waals surface area contributed by atoms with Crippen molar-refractivity contribution in [2.75, 3.05) is 6.54 Å². The summed E-state index contributed by atoms with van der Waals surface area (Å²) in [6.45, 7) is 3.34. The van der Waals surface area contributed by atoms with E-state index >= 15 is 0 Å². The fraction of sp³-hybridized carbons (Fsp3) is 0.400. The zero-order chi connectivity index (χ0) is 7.98. The molecule has 0 aliphatic heterocycles. The van der Waals surface area contributed by atoms with E-state index in [0.717, 1.165) is 6.34 Å². The highest BCUT2D eigenvalue weighted by atomic mass is 16.6. The summed E-state index contributed by atoms with van der Waals surface area (Å²) in [4.78, 5) is 13.1.